The molecule has 0 unspecified atom stereocenters. The largest absolute Gasteiger partial charge is 0.333 e. The van der Waals surface area contributed by atoms with E-state index in [1.807, 2.05) is 42.5 Å². The molecule has 0 heterocycles. The smallest absolute Gasteiger partial charge is 0.149 e. The van der Waals surface area contributed by atoms with Crippen LogP contribution in [0.5, 0.6) is 0 Å². The first-order valence-electron chi connectivity index (χ1n) is 6.17. The molecule has 2 nitrogen and oxygen atoms in total. The Balaban J connectivity index is 2.46. The van der Waals surface area contributed by atoms with Gasteiger partial charge in [-0.25, -0.2) is 0 Å². The Hall–Kier alpha value is -1.74. The molecule has 19 heavy (non-hydrogen) atoms. The van der Waals surface area contributed by atoms with E-state index in [0.29, 0.717) is 6.54 Å². The van der Waals surface area contributed by atoms with Gasteiger partial charge < -0.3 is 4.90 Å². The zero-order valence-electron chi connectivity index (χ0n) is 11.2. The molecule has 0 bridgehead atoms. The average Bonchev–Trinajstić information content (AvgIpc) is 2.45. The number of Topliss-reactive ketones (excluding diaryl/α,β-unsaturated/α-hetero) is 1. The molecule has 0 aliphatic heterocycles. The monoisotopic (exact) mass is 271 g/mol. The maximum atomic E-state index is 11.6. The van der Waals surface area contributed by atoms with Gasteiger partial charge in [-0.15, -0.1) is 11.8 Å². The van der Waals surface area contributed by atoms with E-state index in [-0.39, 0.29) is 5.78 Å². The number of hydrogen-bond donors (Lipinski definition) is 0. The van der Waals surface area contributed by atoms with Gasteiger partial charge in [0.05, 0.1) is 12.2 Å². The van der Waals surface area contributed by atoms with Crippen molar-refractivity contribution in [1.29, 1.82) is 0 Å². The topological polar surface area (TPSA) is 20.3 Å². The molecule has 2 aromatic carbocycles. The molecule has 2 rings (SSSR count). The highest BCUT2D eigenvalue weighted by molar-refractivity contribution is 7.98. The normalized spacial score (nSPS) is 10.2. The minimum absolute atomic E-state index is 0.153. The average molecular weight is 271 g/mol. The Kier molecular flexibility index (Phi) is 4.63. The quantitative estimate of drug-likeness (QED) is 0.762. The number of carbonyl (C=O) groups is 1. The number of ketones is 1. The highest BCUT2D eigenvalue weighted by Gasteiger charge is 2.14. The standard InChI is InChI=1S/C16H17NOS/c1-13(18)12-17(14-8-4-3-5-9-14)15-10-6-7-11-16(15)19-2/h3-11H,12H2,1-2H3. The van der Waals surface area contributed by atoms with Gasteiger partial charge in [0, 0.05) is 10.6 Å². The molecule has 0 aromatic heterocycles. The van der Waals surface area contributed by atoms with Gasteiger partial charge in [0.25, 0.3) is 0 Å². The lowest BCUT2D eigenvalue weighted by molar-refractivity contribution is -0.115. The fourth-order valence-electron chi connectivity index (χ4n) is 2.00. The first-order valence-corrected chi connectivity index (χ1v) is 7.40. The van der Waals surface area contributed by atoms with Crippen molar-refractivity contribution in [2.75, 3.05) is 17.7 Å². The van der Waals surface area contributed by atoms with E-state index < -0.39 is 0 Å². The third-order valence-corrected chi connectivity index (χ3v) is 3.61. The van der Waals surface area contributed by atoms with E-state index >= 15 is 0 Å². The fourth-order valence-corrected chi connectivity index (χ4v) is 2.60. The Morgan fingerprint density at radius 3 is 2.32 bits per heavy atom. The van der Waals surface area contributed by atoms with Crippen LogP contribution < -0.4 is 4.90 Å². The van der Waals surface area contributed by atoms with Gasteiger partial charge in [0.15, 0.2) is 0 Å². The highest BCUT2D eigenvalue weighted by Crippen LogP contribution is 2.33. The maximum absolute atomic E-state index is 11.6. The van der Waals surface area contributed by atoms with Gasteiger partial charge >= 0.3 is 0 Å². The Labute approximate surface area is 118 Å². The maximum Gasteiger partial charge on any atom is 0.149 e. The van der Waals surface area contributed by atoms with Crippen molar-refractivity contribution in [2.45, 2.75) is 11.8 Å². The first-order chi connectivity index (χ1) is 9.22. The van der Waals surface area contributed by atoms with Crippen molar-refractivity contribution in [3.05, 3.63) is 54.6 Å². The number of rotatable bonds is 5. The molecule has 0 fully saturated rings. The van der Waals surface area contributed by atoms with E-state index in [9.17, 15) is 4.79 Å². The summed E-state index contributed by atoms with van der Waals surface area (Å²) in [5.41, 5.74) is 2.12. The summed E-state index contributed by atoms with van der Waals surface area (Å²) in [7, 11) is 0. The number of para-hydroxylation sites is 2. The summed E-state index contributed by atoms with van der Waals surface area (Å²) in [6, 6.07) is 18.2. The summed E-state index contributed by atoms with van der Waals surface area (Å²) < 4.78 is 0. The van der Waals surface area contributed by atoms with Crippen LogP contribution in [0.2, 0.25) is 0 Å². The summed E-state index contributed by atoms with van der Waals surface area (Å²) >= 11 is 1.69. The van der Waals surface area contributed by atoms with Crippen LogP contribution in [0.3, 0.4) is 0 Å². The first kappa shape index (κ1) is 13.7. The van der Waals surface area contributed by atoms with Crippen LogP contribution in [-0.2, 0) is 4.79 Å². The Bertz CT molecular complexity index is 554. The van der Waals surface area contributed by atoms with Gasteiger partial charge in [-0.1, -0.05) is 30.3 Å². The molecule has 0 saturated heterocycles. The lowest BCUT2D eigenvalue weighted by Crippen LogP contribution is -2.24. The highest BCUT2D eigenvalue weighted by atomic mass is 32.2. The third-order valence-electron chi connectivity index (χ3n) is 2.82. The number of thioether (sulfide) groups is 1. The zero-order chi connectivity index (χ0) is 13.7. The second-order valence-electron chi connectivity index (χ2n) is 4.30. The minimum atomic E-state index is 0.153. The molecule has 0 radical (unpaired) electrons. The molecule has 0 aliphatic carbocycles. The molecule has 0 atom stereocenters. The second-order valence-corrected chi connectivity index (χ2v) is 5.14. The van der Waals surface area contributed by atoms with E-state index in [1.54, 1.807) is 18.7 Å². The van der Waals surface area contributed by atoms with Crippen molar-refractivity contribution in [1.82, 2.24) is 0 Å². The van der Waals surface area contributed by atoms with Crippen LogP contribution in [-0.4, -0.2) is 18.6 Å². The van der Waals surface area contributed by atoms with Crippen LogP contribution in [0.4, 0.5) is 11.4 Å². The Morgan fingerprint density at radius 1 is 1.05 bits per heavy atom. The molecule has 0 amide bonds. The minimum Gasteiger partial charge on any atom is -0.333 e. The van der Waals surface area contributed by atoms with Crippen LogP contribution in [0.1, 0.15) is 6.92 Å². The number of hydrogen-bond acceptors (Lipinski definition) is 3. The molecular formula is C16H17NOS. The lowest BCUT2D eigenvalue weighted by Gasteiger charge is -2.25. The summed E-state index contributed by atoms with van der Waals surface area (Å²) in [6.45, 7) is 2.01. The van der Waals surface area contributed by atoms with E-state index in [4.69, 9.17) is 0 Å². The molecule has 0 saturated carbocycles. The van der Waals surface area contributed by atoms with Crippen LogP contribution >= 0.6 is 11.8 Å². The van der Waals surface area contributed by atoms with Crippen molar-refractivity contribution in [3.8, 4) is 0 Å². The van der Waals surface area contributed by atoms with Crippen LogP contribution in [0.25, 0.3) is 0 Å². The van der Waals surface area contributed by atoms with Crippen molar-refractivity contribution < 1.29 is 4.79 Å². The number of benzene rings is 2. The predicted octanol–water partition coefficient (Wildman–Crippen LogP) is 4.14. The predicted molar refractivity (Wildman–Crippen MR) is 82.4 cm³/mol. The molecular weight excluding hydrogens is 254 g/mol. The third kappa shape index (κ3) is 3.38. The molecule has 0 aliphatic rings. The second kappa shape index (κ2) is 6.43. The van der Waals surface area contributed by atoms with Crippen LogP contribution in [0.15, 0.2) is 59.5 Å². The Morgan fingerprint density at radius 2 is 1.68 bits per heavy atom. The summed E-state index contributed by atoms with van der Waals surface area (Å²) in [5.74, 6) is 0.153. The van der Waals surface area contributed by atoms with Crippen molar-refractivity contribution >= 4 is 28.9 Å². The molecule has 0 N–H and O–H groups in total. The number of carbonyl (C=O) groups excluding carboxylic acids is 1. The molecule has 98 valence electrons. The lowest BCUT2D eigenvalue weighted by atomic mass is 10.2. The summed E-state index contributed by atoms with van der Waals surface area (Å²) in [6.07, 6.45) is 2.05. The van der Waals surface area contributed by atoms with Gasteiger partial charge in [0.2, 0.25) is 0 Å². The van der Waals surface area contributed by atoms with Crippen molar-refractivity contribution in [3.63, 3.8) is 0 Å². The molecule has 3 heteroatoms. The van der Waals surface area contributed by atoms with E-state index in [1.165, 1.54) is 4.90 Å². The molecule has 0 spiro atoms. The van der Waals surface area contributed by atoms with E-state index in [2.05, 4.69) is 23.3 Å². The molecule has 2 aromatic rings. The fraction of sp³-hybridized carbons (Fsp3) is 0.188. The summed E-state index contributed by atoms with van der Waals surface area (Å²) in [5, 5.41) is 0. The van der Waals surface area contributed by atoms with Crippen LogP contribution in [0, 0.1) is 0 Å². The zero-order valence-corrected chi connectivity index (χ0v) is 12.0. The van der Waals surface area contributed by atoms with Gasteiger partial charge in [-0.2, -0.15) is 0 Å². The van der Waals surface area contributed by atoms with Gasteiger partial charge in [-0.3, -0.25) is 4.79 Å². The van der Waals surface area contributed by atoms with Crippen molar-refractivity contribution in [2.24, 2.45) is 0 Å². The van der Waals surface area contributed by atoms with Gasteiger partial charge in [-0.05, 0) is 37.4 Å². The summed E-state index contributed by atoms with van der Waals surface area (Å²) in [4.78, 5) is 14.8. The SMILES string of the molecule is CSc1ccccc1N(CC(C)=O)c1ccccc1. The van der Waals surface area contributed by atoms with Gasteiger partial charge in [0.1, 0.15) is 5.78 Å². The number of nitrogens with zero attached hydrogens (tertiary/aromatic N) is 1. The van der Waals surface area contributed by atoms with E-state index in [0.717, 1.165) is 11.4 Å². The number of anilines is 2.